The molecule has 0 aromatic heterocycles. The highest BCUT2D eigenvalue weighted by Gasteiger charge is 2.23. The zero-order chi connectivity index (χ0) is 11.1. The fourth-order valence-corrected chi connectivity index (χ4v) is 1.92. The molecule has 15 heavy (non-hydrogen) atoms. The molecule has 88 valence electrons. The van der Waals surface area contributed by atoms with Crippen molar-refractivity contribution in [1.82, 2.24) is 10.6 Å². The lowest BCUT2D eigenvalue weighted by molar-refractivity contribution is -0.122. The summed E-state index contributed by atoms with van der Waals surface area (Å²) < 4.78 is 0. The van der Waals surface area contributed by atoms with Crippen LogP contribution in [0, 0.1) is 0 Å². The zero-order valence-electron chi connectivity index (χ0n) is 9.46. The first-order chi connectivity index (χ1) is 7.24. The van der Waals surface area contributed by atoms with Crippen LogP contribution in [0.1, 0.15) is 39.0 Å². The molecular formula is C11H22N2O2. The third-order valence-corrected chi connectivity index (χ3v) is 2.79. The van der Waals surface area contributed by atoms with E-state index in [1.165, 1.54) is 0 Å². The van der Waals surface area contributed by atoms with Crippen LogP contribution in [0.2, 0.25) is 0 Å². The molecular weight excluding hydrogens is 192 g/mol. The maximum Gasteiger partial charge on any atom is 0.234 e. The van der Waals surface area contributed by atoms with Gasteiger partial charge in [0, 0.05) is 0 Å². The maximum atomic E-state index is 11.4. The molecule has 0 saturated heterocycles. The van der Waals surface area contributed by atoms with Gasteiger partial charge in [-0.25, -0.2) is 0 Å². The molecule has 1 saturated carbocycles. The molecule has 0 radical (unpaired) electrons. The minimum atomic E-state index is -0.353. The SMILES string of the molecule is CCCNCC(=O)NC1CCCCC1O. The van der Waals surface area contributed by atoms with Gasteiger partial charge in [-0.1, -0.05) is 19.8 Å². The van der Waals surface area contributed by atoms with Crippen LogP contribution < -0.4 is 10.6 Å². The van der Waals surface area contributed by atoms with Crippen LogP contribution in [0.25, 0.3) is 0 Å². The van der Waals surface area contributed by atoms with E-state index < -0.39 is 0 Å². The Morgan fingerprint density at radius 3 is 2.80 bits per heavy atom. The molecule has 0 aromatic carbocycles. The Kier molecular flexibility index (Phi) is 5.65. The van der Waals surface area contributed by atoms with Gasteiger partial charge in [-0.15, -0.1) is 0 Å². The molecule has 1 fully saturated rings. The van der Waals surface area contributed by atoms with Crippen LogP contribution in [0.15, 0.2) is 0 Å². The van der Waals surface area contributed by atoms with Crippen molar-refractivity contribution in [3.8, 4) is 0 Å². The number of aliphatic hydroxyl groups is 1. The maximum absolute atomic E-state index is 11.4. The number of aliphatic hydroxyl groups excluding tert-OH is 1. The number of carbonyl (C=O) groups is 1. The van der Waals surface area contributed by atoms with E-state index in [1.54, 1.807) is 0 Å². The van der Waals surface area contributed by atoms with E-state index in [4.69, 9.17) is 0 Å². The van der Waals surface area contributed by atoms with E-state index >= 15 is 0 Å². The summed E-state index contributed by atoms with van der Waals surface area (Å²) in [5.74, 6) is -0.00519. The van der Waals surface area contributed by atoms with Crippen LogP contribution in [-0.4, -0.2) is 36.2 Å². The highest BCUT2D eigenvalue weighted by Crippen LogP contribution is 2.17. The van der Waals surface area contributed by atoms with Gasteiger partial charge >= 0.3 is 0 Å². The smallest absolute Gasteiger partial charge is 0.234 e. The number of hydrogen-bond acceptors (Lipinski definition) is 3. The Balaban J connectivity index is 2.18. The largest absolute Gasteiger partial charge is 0.391 e. The minimum Gasteiger partial charge on any atom is -0.391 e. The van der Waals surface area contributed by atoms with Crippen molar-refractivity contribution in [1.29, 1.82) is 0 Å². The number of rotatable bonds is 5. The summed E-state index contributed by atoms with van der Waals surface area (Å²) in [7, 11) is 0. The number of amides is 1. The quantitative estimate of drug-likeness (QED) is 0.581. The molecule has 3 N–H and O–H groups in total. The lowest BCUT2D eigenvalue weighted by Gasteiger charge is -2.28. The van der Waals surface area contributed by atoms with Crippen LogP contribution in [0.4, 0.5) is 0 Å². The first-order valence-electron chi connectivity index (χ1n) is 5.92. The second-order valence-corrected chi connectivity index (χ2v) is 4.20. The molecule has 1 aliphatic carbocycles. The van der Waals surface area contributed by atoms with Crippen LogP contribution in [0.5, 0.6) is 0 Å². The molecule has 0 aromatic rings. The van der Waals surface area contributed by atoms with Crippen molar-refractivity contribution in [2.45, 2.75) is 51.2 Å². The molecule has 2 atom stereocenters. The Hall–Kier alpha value is -0.610. The second-order valence-electron chi connectivity index (χ2n) is 4.20. The Morgan fingerprint density at radius 2 is 2.13 bits per heavy atom. The van der Waals surface area contributed by atoms with E-state index in [9.17, 15) is 9.90 Å². The van der Waals surface area contributed by atoms with Crippen LogP contribution >= 0.6 is 0 Å². The monoisotopic (exact) mass is 214 g/mol. The van der Waals surface area contributed by atoms with E-state index in [2.05, 4.69) is 17.6 Å². The van der Waals surface area contributed by atoms with E-state index in [-0.39, 0.29) is 18.1 Å². The average Bonchev–Trinajstić information content (AvgIpc) is 2.22. The summed E-state index contributed by atoms with van der Waals surface area (Å²) in [5.41, 5.74) is 0. The summed E-state index contributed by atoms with van der Waals surface area (Å²) in [6.07, 6.45) is 4.56. The van der Waals surface area contributed by atoms with Gasteiger partial charge in [-0.05, 0) is 25.8 Å². The molecule has 1 rings (SSSR count). The van der Waals surface area contributed by atoms with Crippen molar-refractivity contribution in [3.05, 3.63) is 0 Å². The van der Waals surface area contributed by atoms with Gasteiger partial charge < -0.3 is 15.7 Å². The Labute approximate surface area is 91.4 Å². The van der Waals surface area contributed by atoms with Crippen molar-refractivity contribution in [2.24, 2.45) is 0 Å². The predicted octanol–water partition coefficient (Wildman–Crippen LogP) is 0.406. The topological polar surface area (TPSA) is 61.4 Å². The molecule has 0 aliphatic heterocycles. The van der Waals surface area contributed by atoms with Crippen LogP contribution in [-0.2, 0) is 4.79 Å². The fraction of sp³-hybridized carbons (Fsp3) is 0.909. The molecule has 0 bridgehead atoms. The molecule has 4 nitrogen and oxygen atoms in total. The predicted molar refractivity (Wildman–Crippen MR) is 59.6 cm³/mol. The molecule has 0 spiro atoms. The van der Waals surface area contributed by atoms with Gasteiger partial charge in [0.1, 0.15) is 0 Å². The van der Waals surface area contributed by atoms with Gasteiger partial charge in [0.05, 0.1) is 18.7 Å². The van der Waals surface area contributed by atoms with E-state index in [0.29, 0.717) is 6.54 Å². The van der Waals surface area contributed by atoms with Crippen molar-refractivity contribution in [3.63, 3.8) is 0 Å². The summed E-state index contributed by atoms with van der Waals surface area (Å²) in [6.45, 7) is 3.29. The standard InChI is InChI=1S/C11H22N2O2/c1-2-7-12-8-11(15)13-9-5-3-4-6-10(9)14/h9-10,12,14H,2-8H2,1H3,(H,13,15). The summed E-state index contributed by atoms with van der Waals surface area (Å²) in [4.78, 5) is 11.4. The summed E-state index contributed by atoms with van der Waals surface area (Å²) in [5, 5.41) is 15.6. The first-order valence-corrected chi connectivity index (χ1v) is 5.92. The van der Waals surface area contributed by atoms with E-state index in [1.807, 2.05) is 0 Å². The highest BCUT2D eigenvalue weighted by molar-refractivity contribution is 5.78. The van der Waals surface area contributed by atoms with Gasteiger partial charge in [-0.2, -0.15) is 0 Å². The average molecular weight is 214 g/mol. The number of hydrogen-bond donors (Lipinski definition) is 3. The zero-order valence-corrected chi connectivity index (χ0v) is 9.46. The van der Waals surface area contributed by atoms with Gasteiger partial charge in [-0.3, -0.25) is 4.79 Å². The number of nitrogens with one attached hydrogen (secondary N) is 2. The molecule has 2 unspecified atom stereocenters. The lowest BCUT2D eigenvalue weighted by Crippen LogP contribution is -2.47. The number of carbonyl (C=O) groups excluding carboxylic acids is 1. The molecule has 1 aliphatic rings. The summed E-state index contributed by atoms with van der Waals surface area (Å²) in [6, 6.07) is -0.0327. The lowest BCUT2D eigenvalue weighted by atomic mass is 9.92. The summed E-state index contributed by atoms with van der Waals surface area (Å²) >= 11 is 0. The highest BCUT2D eigenvalue weighted by atomic mass is 16.3. The van der Waals surface area contributed by atoms with Crippen molar-refractivity contribution < 1.29 is 9.90 Å². The molecule has 4 heteroatoms. The van der Waals surface area contributed by atoms with Crippen molar-refractivity contribution in [2.75, 3.05) is 13.1 Å². The van der Waals surface area contributed by atoms with Gasteiger partial charge in [0.2, 0.25) is 5.91 Å². The third-order valence-electron chi connectivity index (χ3n) is 2.79. The first kappa shape index (κ1) is 12.5. The molecule has 0 heterocycles. The minimum absolute atomic E-state index is 0.00519. The third kappa shape index (κ3) is 4.62. The normalized spacial score (nSPS) is 26.3. The van der Waals surface area contributed by atoms with E-state index in [0.717, 1.165) is 38.6 Å². The Morgan fingerprint density at radius 1 is 1.40 bits per heavy atom. The van der Waals surface area contributed by atoms with Gasteiger partial charge in [0.15, 0.2) is 0 Å². The van der Waals surface area contributed by atoms with Crippen LogP contribution in [0.3, 0.4) is 0 Å². The van der Waals surface area contributed by atoms with Gasteiger partial charge in [0.25, 0.3) is 0 Å². The fourth-order valence-electron chi connectivity index (χ4n) is 1.92. The molecule has 1 amide bonds. The second kappa shape index (κ2) is 6.80. The Bertz CT molecular complexity index is 197. The van der Waals surface area contributed by atoms with Crippen molar-refractivity contribution >= 4 is 5.91 Å².